The quantitative estimate of drug-likeness (QED) is 0.844. The summed E-state index contributed by atoms with van der Waals surface area (Å²) in [6.45, 7) is 8.96. The first-order valence-electron chi connectivity index (χ1n) is 8.27. The molecule has 4 heterocycles. The van der Waals surface area contributed by atoms with Crippen molar-refractivity contribution >= 4 is 11.3 Å². The SMILES string of the molecule is c1csc(CN2Cc3nccn3CC(CN3CCOCC3)C2)n1. The fourth-order valence-corrected chi connectivity index (χ4v) is 4.19. The van der Waals surface area contributed by atoms with Crippen LogP contribution in [0.5, 0.6) is 0 Å². The summed E-state index contributed by atoms with van der Waals surface area (Å²) in [5, 5.41) is 3.24. The van der Waals surface area contributed by atoms with Crippen molar-refractivity contribution in [1.29, 1.82) is 0 Å². The van der Waals surface area contributed by atoms with Crippen LogP contribution >= 0.6 is 11.3 Å². The van der Waals surface area contributed by atoms with Crippen molar-refractivity contribution in [2.45, 2.75) is 19.6 Å². The molecule has 0 N–H and O–H groups in total. The van der Waals surface area contributed by atoms with Gasteiger partial charge >= 0.3 is 0 Å². The molecule has 2 aliphatic rings. The lowest BCUT2D eigenvalue weighted by Crippen LogP contribution is -2.42. The van der Waals surface area contributed by atoms with Crippen LogP contribution in [0.1, 0.15) is 10.8 Å². The van der Waals surface area contributed by atoms with Crippen molar-refractivity contribution in [1.82, 2.24) is 24.3 Å². The molecule has 0 aromatic carbocycles. The summed E-state index contributed by atoms with van der Waals surface area (Å²) in [5.41, 5.74) is 0. The number of hydrogen-bond donors (Lipinski definition) is 0. The molecule has 2 aromatic rings. The minimum atomic E-state index is 0.614. The maximum atomic E-state index is 5.47. The zero-order chi connectivity index (χ0) is 15.5. The highest BCUT2D eigenvalue weighted by molar-refractivity contribution is 7.09. The van der Waals surface area contributed by atoms with Crippen molar-refractivity contribution in [2.24, 2.45) is 5.92 Å². The third-order valence-corrected chi connectivity index (χ3v) is 5.36. The van der Waals surface area contributed by atoms with Gasteiger partial charge in [-0.05, 0) is 0 Å². The first-order chi connectivity index (χ1) is 11.4. The number of fused-ring (bicyclic) bond motifs is 1. The number of hydrogen-bond acceptors (Lipinski definition) is 6. The summed E-state index contributed by atoms with van der Waals surface area (Å²) in [5.74, 6) is 1.79. The number of aromatic nitrogens is 3. The Morgan fingerprint density at radius 1 is 1.13 bits per heavy atom. The zero-order valence-corrected chi connectivity index (χ0v) is 14.1. The molecule has 1 saturated heterocycles. The molecule has 0 bridgehead atoms. The molecule has 1 atom stereocenters. The standard InChI is InChI=1S/C16H23N5OS/c1-3-21-11-14(9-19-4-6-22-7-5-19)10-20(12-15(21)17-1)13-16-18-2-8-23-16/h1-3,8,14H,4-7,9-13H2. The van der Waals surface area contributed by atoms with Gasteiger partial charge in [0, 0.05) is 62.6 Å². The number of nitrogens with zero attached hydrogens (tertiary/aromatic N) is 5. The summed E-state index contributed by atoms with van der Waals surface area (Å²) in [7, 11) is 0. The van der Waals surface area contributed by atoms with Crippen molar-refractivity contribution in [3.05, 3.63) is 34.8 Å². The summed E-state index contributed by atoms with van der Waals surface area (Å²) >= 11 is 1.74. The van der Waals surface area contributed by atoms with Gasteiger partial charge in [-0.1, -0.05) is 0 Å². The summed E-state index contributed by atoms with van der Waals surface area (Å²) < 4.78 is 7.80. The van der Waals surface area contributed by atoms with Gasteiger partial charge in [0.25, 0.3) is 0 Å². The smallest absolute Gasteiger partial charge is 0.122 e. The van der Waals surface area contributed by atoms with Crippen LogP contribution in [-0.4, -0.2) is 63.7 Å². The number of morpholine rings is 1. The molecule has 0 spiro atoms. The topological polar surface area (TPSA) is 46.4 Å². The highest BCUT2D eigenvalue weighted by atomic mass is 32.1. The minimum Gasteiger partial charge on any atom is -0.379 e. The molecule has 124 valence electrons. The zero-order valence-electron chi connectivity index (χ0n) is 13.3. The van der Waals surface area contributed by atoms with E-state index in [-0.39, 0.29) is 0 Å². The predicted octanol–water partition coefficient (Wildman–Crippen LogP) is 1.30. The third kappa shape index (κ3) is 3.80. The average molecular weight is 333 g/mol. The Balaban J connectivity index is 1.47. The molecule has 2 aliphatic heterocycles. The molecule has 2 aromatic heterocycles. The van der Waals surface area contributed by atoms with Gasteiger partial charge in [-0.25, -0.2) is 9.97 Å². The fourth-order valence-electron chi connectivity index (χ4n) is 3.53. The Bertz CT molecular complexity index is 608. The minimum absolute atomic E-state index is 0.614. The molecule has 0 saturated carbocycles. The molecule has 0 aliphatic carbocycles. The summed E-state index contributed by atoms with van der Waals surface area (Å²) in [6.07, 6.45) is 5.94. The lowest BCUT2D eigenvalue weighted by atomic mass is 10.1. The molecule has 6 nitrogen and oxygen atoms in total. The van der Waals surface area contributed by atoms with Gasteiger partial charge in [0.15, 0.2) is 0 Å². The Morgan fingerprint density at radius 2 is 2.04 bits per heavy atom. The van der Waals surface area contributed by atoms with Crippen molar-refractivity contribution in [3.63, 3.8) is 0 Å². The largest absolute Gasteiger partial charge is 0.379 e. The van der Waals surface area contributed by atoms with Crippen LogP contribution in [0.3, 0.4) is 0 Å². The van der Waals surface area contributed by atoms with Gasteiger partial charge < -0.3 is 9.30 Å². The van der Waals surface area contributed by atoms with Crippen molar-refractivity contribution < 1.29 is 4.74 Å². The normalized spacial score (nSPS) is 23.6. The molecule has 1 unspecified atom stereocenters. The van der Waals surface area contributed by atoms with E-state index in [9.17, 15) is 0 Å². The lowest BCUT2D eigenvalue weighted by molar-refractivity contribution is 0.0265. The van der Waals surface area contributed by atoms with E-state index in [4.69, 9.17) is 4.74 Å². The van der Waals surface area contributed by atoms with Gasteiger partial charge in [0.1, 0.15) is 10.8 Å². The van der Waals surface area contributed by atoms with Crippen molar-refractivity contribution in [3.8, 4) is 0 Å². The number of thiazole rings is 1. The first kappa shape index (κ1) is 15.3. The fraction of sp³-hybridized carbons (Fsp3) is 0.625. The van der Waals surface area contributed by atoms with E-state index in [1.54, 1.807) is 11.3 Å². The highest BCUT2D eigenvalue weighted by Gasteiger charge is 2.25. The van der Waals surface area contributed by atoms with Gasteiger partial charge in [0.2, 0.25) is 0 Å². The van der Waals surface area contributed by atoms with Crippen LogP contribution in [-0.2, 0) is 24.4 Å². The molecule has 1 fully saturated rings. The Hall–Kier alpha value is -1.28. The molecular formula is C16H23N5OS. The van der Waals surface area contributed by atoms with E-state index in [0.717, 1.165) is 59.0 Å². The van der Waals surface area contributed by atoms with E-state index in [2.05, 4.69) is 35.9 Å². The van der Waals surface area contributed by atoms with Crippen LogP contribution in [0.25, 0.3) is 0 Å². The number of ether oxygens (including phenoxy) is 1. The Kier molecular flexibility index (Phi) is 4.70. The maximum absolute atomic E-state index is 5.47. The van der Waals surface area contributed by atoms with Crippen LogP contribution in [0.2, 0.25) is 0 Å². The van der Waals surface area contributed by atoms with E-state index in [0.29, 0.717) is 5.92 Å². The second kappa shape index (κ2) is 7.09. The lowest BCUT2D eigenvalue weighted by Gasteiger charge is -2.31. The van der Waals surface area contributed by atoms with E-state index >= 15 is 0 Å². The summed E-state index contributed by atoms with van der Waals surface area (Å²) in [6, 6.07) is 0. The molecule has 7 heteroatoms. The van der Waals surface area contributed by atoms with Crippen LogP contribution < -0.4 is 0 Å². The monoisotopic (exact) mass is 333 g/mol. The first-order valence-corrected chi connectivity index (χ1v) is 9.15. The average Bonchev–Trinajstić information content (AvgIpc) is 3.18. The van der Waals surface area contributed by atoms with E-state index in [1.807, 2.05) is 12.4 Å². The summed E-state index contributed by atoms with van der Waals surface area (Å²) in [4.78, 5) is 14.0. The van der Waals surface area contributed by atoms with E-state index in [1.165, 1.54) is 10.8 Å². The van der Waals surface area contributed by atoms with Gasteiger partial charge in [-0.3, -0.25) is 9.80 Å². The van der Waals surface area contributed by atoms with E-state index < -0.39 is 0 Å². The van der Waals surface area contributed by atoms with Crippen LogP contribution in [0.15, 0.2) is 24.0 Å². The number of imidazole rings is 1. The third-order valence-electron chi connectivity index (χ3n) is 4.60. The Morgan fingerprint density at radius 3 is 2.87 bits per heavy atom. The van der Waals surface area contributed by atoms with Crippen molar-refractivity contribution in [2.75, 3.05) is 39.4 Å². The second-order valence-electron chi connectivity index (χ2n) is 6.37. The molecule has 4 rings (SSSR count). The van der Waals surface area contributed by atoms with Gasteiger partial charge in [0.05, 0.1) is 26.3 Å². The molecule has 0 radical (unpaired) electrons. The molecule has 23 heavy (non-hydrogen) atoms. The molecular weight excluding hydrogens is 310 g/mol. The molecule has 0 amide bonds. The predicted molar refractivity (Wildman–Crippen MR) is 89.2 cm³/mol. The van der Waals surface area contributed by atoms with Gasteiger partial charge in [-0.15, -0.1) is 11.3 Å². The van der Waals surface area contributed by atoms with Crippen LogP contribution in [0.4, 0.5) is 0 Å². The number of rotatable bonds is 4. The second-order valence-corrected chi connectivity index (χ2v) is 7.35. The highest BCUT2D eigenvalue weighted by Crippen LogP contribution is 2.19. The Labute approximate surface area is 140 Å². The maximum Gasteiger partial charge on any atom is 0.122 e. The van der Waals surface area contributed by atoms with Gasteiger partial charge in [-0.2, -0.15) is 0 Å². The van der Waals surface area contributed by atoms with Crippen LogP contribution in [0, 0.1) is 5.92 Å².